The zero-order chi connectivity index (χ0) is 19.7. The summed E-state index contributed by atoms with van der Waals surface area (Å²) in [6.07, 6.45) is 1.69. The number of benzene rings is 2. The SMILES string of the molecule is COc1cc(/C=C2\SC(=Nc3nsc4ccccc34)NC2=O)cc(OC)c1O. The van der Waals surface area contributed by atoms with Crippen LogP contribution >= 0.6 is 23.3 Å². The lowest BCUT2D eigenvalue weighted by molar-refractivity contribution is -0.115. The number of hydrogen-bond donors (Lipinski definition) is 2. The Balaban J connectivity index is 1.65. The van der Waals surface area contributed by atoms with Crippen LogP contribution in [0.3, 0.4) is 0 Å². The third-order valence-electron chi connectivity index (χ3n) is 4.02. The Morgan fingerprint density at radius 1 is 1.18 bits per heavy atom. The Morgan fingerprint density at radius 2 is 1.89 bits per heavy atom. The molecule has 1 aliphatic heterocycles. The number of aliphatic imine (C=N–C) groups is 1. The molecule has 9 heteroatoms. The molecule has 2 heterocycles. The van der Waals surface area contributed by atoms with Crippen molar-refractivity contribution in [2.75, 3.05) is 14.2 Å². The Hall–Kier alpha value is -3.04. The van der Waals surface area contributed by atoms with E-state index < -0.39 is 0 Å². The van der Waals surface area contributed by atoms with Crippen LogP contribution in [0.25, 0.3) is 16.2 Å². The molecule has 0 unspecified atom stereocenters. The number of thioether (sulfide) groups is 1. The van der Waals surface area contributed by atoms with E-state index in [9.17, 15) is 9.90 Å². The number of methoxy groups -OCH3 is 2. The monoisotopic (exact) mass is 413 g/mol. The molecule has 1 saturated heterocycles. The van der Waals surface area contributed by atoms with Crippen LogP contribution in [0, 0.1) is 0 Å². The van der Waals surface area contributed by atoms with Gasteiger partial charge in [-0.15, -0.1) is 0 Å². The normalized spacial score (nSPS) is 16.7. The lowest BCUT2D eigenvalue weighted by Gasteiger charge is -2.09. The summed E-state index contributed by atoms with van der Waals surface area (Å²) in [7, 11) is 2.90. The maximum absolute atomic E-state index is 12.3. The minimum Gasteiger partial charge on any atom is -0.502 e. The highest BCUT2D eigenvalue weighted by Gasteiger charge is 2.25. The highest BCUT2D eigenvalue weighted by molar-refractivity contribution is 8.18. The molecule has 0 spiro atoms. The second kappa shape index (κ2) is 7.53. The molecule has 1 amide bonds. The summed E-state index contributed by atoms with van der Waals surface area (Å²) in [5.41, 5.74) is 0.657. The van der Waals surface area contributed by atoms with Crippen molar-refractivity contribution in [3.8, 4) is 17.2 Å². The summed E-state index contributed by atoms with van der Waals surface area (Å²) in [6.45, 7) is 0. The lowest BCUT2D eigenvalue weighted by Crippen LogP contribution is -2.19. The summed E-state index contributed by atoms with van der Waals surface area (Å²) in [5, 5.41) is 14.2. The molecule has 1 fully saturated rings. The van der Waals surface area contributed by atoms with Crippen LogP contribution in [0.4, 0.5) is 5.82 Å². The predicted molar refractivity (Wildman–Crippen MR) is 112 cm³/mol. The largest absolute Gasteiger partial charge is 0.502 e. The smallest absolute Gasteiger partial charge is 0.264 e. The first-order valence-electron chi connectivity index (χ1n) is 8.18. The number of phenols is 1. The number of carbonyl (C=O) groups is 1. The zero-order valence-electron chi connectivity index (χ0n) is 14.9. The van der Waals surface area contributed by atoms with E-state index in [4.69, 9.17) is 9.47 Å². The van der Waals surface area contributed by atoms with Gasteiger partial charge in [-0.25, -0.2) is 4.99 Å². The number of rotatable bonds is 4. The summed E-state index contributed by atoms with van der Waals surface area (Å²) < 4.78 is 15.7. The van der Waals surface area contributed by atoms with Crippen LogP contribution in [0.2, 0.25) is 0 Å². The van der Waals surface area contributed by atoms with Crippen molar-refractivity contribution in [2.24, 2.45) is 4.99 Å². The third kappa shape index (κ3) is 3.41. The van der Waals surface area contributed by atoms with Crippen LogP contribution < -0.4 is 14.8 Å². The van der Waals surface area contributed by atoms with Gasteiger partial charge in [-0.05, 0) is 59.2 Å². The number of amides is 1. The molecule has 0 bridgehead atoms. The third-order valence-corrected chi connectivity index (χ3v) is 5.74. The maximum atomic E-state index is 12.3. The van der Waals surface area contributed by atoms with Gasteiger partial charge in [0.2, 0.25) is 5.75 Å². The van der Waals surface area contributed by atoms with E-state index in [0.717, 1.165) is 10.1 Å². The topological polar surface area (TPSA) is 93.0 Å². The van der Waals surface area contributed by atoms with E-state index in [-0.39, 0.29) is 23.2 Å². The van der Waals surface area contributed by atoms with Gasteiger partial charge in [-0.3, -0.25) is 4.79 Å². The van der Waals surface area contributed by atoms with E-state index in [1.54, 1.807) is 18.2 Å². The first-order valence-corrected chi connectivity index (χ1v) is 9.77. The van der Waals surface area contributed by atoms with E-state index >= 15 is 0 Å². The number of aromatic nitrogens is 1. The number of phenolic OH excluding ortho intramolecular Hbond substituents is 1. The van der Waals surface area contributed by atoms with Crippen molar-refractivity contribution < 1.29 is 19.4 Å². The van der Waals surface area contributed by atoms with Gasteiger partial charge in [0.1, 0.15) is 0 Å². The standard InChI is InChI=1S/C19H15N3O4S2/c1-25-12-7-10(8-13(26-2)16(12)23)9-15-18(24)21-19(27-15)20-17-11-5-3-4-6-14(11)28-22-17/h3-9,23H,1-2H3,(H,20,21,22,24)/b15-9-. The Morgan fingerprint density at radius 3 is 2.61 bits per heavy atom. The lowest BCUT2D eigenvalue weighted by atomic mass is 10.1. The number of amidine groups is 1. The van der Waals surface area contributed by atoms with Crippen LogP contribution in [-0.4, -0.2) is 34.8 Å². The van der Waals surface area contributed by atoms with Crippen LogP contribution in [0.1, 0.15) is 5.56 Å². The fourth-order valence-electron chi connectivity index (χ4n) is 2.68. The number of aromatic hydroxyl groups is 1. The average Bonchev–Trinajstić information content (AvgIpc) is 3.26. The van der Waals surface area contributed by atoms with Gasteiger partial charge in [0, 0.05) is 5.39 Å². The summed E-state index contributed by atoms with van der Waals surface area (Å²) in [5.74, 6) is 0.759. The van der Waals surface area contributed by atoms with E-state index in [0.29, 0.717) is 21.5 Å². The van der Waals surface area contributed by atoms with Gasteiger partial charge in [0.25, 0.3) is 5.91 Å². The van der Waals surface area contributed by atoms with E-state index in [2.05, 4.69) is 14.7 Å². The molecular weight excluding hydrogens is 398 g/mol. The van der Waals surface area contributed by atoms with Crippen molar-refractivity contribution in [2.45, 2.75) is 0 Å². The molecule has 2 N–H and O–H groups in total. The van der Waals surface area contributed by atoms with Gasteiger partial charge in [0.05, 0.1) is 23.8 Å². The molecule has 3 aromatic rings. The molecule has 0 saturated carbocycles. The van der Waals surface area contributed by atoms with Crippen molar-refractivity contribution in [1.82, 2.24) is 9.69 Å². The quantitative estimate of drug-likeness (QED) is 0.630. The van der Waals surface area contributed by atoms with Crippen molar-refractivity contribution in [3.63, 3.8) is 0 Å². The van der Waals surface area contributed by atoms with Crippen LogP contribution in [0.15, 0.2) is 46.3 Å². The van der Waals surface area contributed by atoms with Crippen molar-refractivity contribution >= 4 is 56.3 Å². The second-order valence-electron chi connectivity index (χ2n) is 5.76. The molecule has 142 valence electrons. The highest BCUT2D eigenvalue weighted by Crippen LogP contribution is 2.39. The van der Waals surface area contributed by atoms with E-state index in [1.807, 2.05) is 24.3 Å². The maximum Gasteiger partial charge on any atom is 0.264 e. The molecule has 1 aliphatic rings. The average molecular weight is 413 g/mol. The summed E-state index contributed by atoms with van der Waals surface area (Å²) >= 11 is 2.59. The Bertz CT molecular complexity index is 1110. The summed E-state index contributed by atoms with van der Waals surface area (Å²) in [6, 6.07) is 11.1. The number of ether oxygens (including phenoxy) is 2. The van der Waals surface area contributed by atoms with E-state index in [1.165, 1.54) is 37.5 Å². The van der Waals surface area contributed by atoms with Gasteiger partial charge in [-0.1, -0.05) is 12.1 Å². The molecule has 2 aromatic carbocycles. The summed E-state index contributed by atoms with van der Waals surface area (Å²) in [4.78, 5) is 17.3. The molecule has 7 nitrogen and oxygen atoms in total. The molecule has 0 radical (unpaired) electrons. The molecular formula is C19H15N3O4S2. The van der Waals surface area contributed by atoms with Crippen molar-refractivity contribution in [3.05, 3.63) is 46.9 Å². The molecule has 4 rings (SSSR count). The van der Waals surface area contributed by atoms with Gasteiger partial charge in [-0.2, -0.15) is 4.37 Å². The Kier molecular flexibility index (Phi) is 4.93. The number of carbonyl (C=O) groups excluding carboxylic acids is 1. The second-order valence-corrected chi connectivity index (χ2v) is 7.59. The Labute approximate surface area is 168 Å². The number of nitrogens with one attached hydrogen (secondary N) is 1. The van der Waals surface area contributed by atoms with Crippen molar-refractivity contribution in [1.29, 1.82) is 0 Å². The fraction of sp³-hybridized carbons (Fsp3) is 0.105. The number of hydrogen-bond acceptors (Lipinski definition) is 8. The predicted octanol–water partition coefficient (Wildman–Crippen LogP) is 3.91. The molecule has 0 atom stereocenters. The van der Waals surface area contributed by atoms with Gasteiger partial charge >= 0.3 is 0 Å². The number of fused-ring (bicyclic) bond motifs is 1. The van der Waals surface area contributed by atoms with Crippen LogP contribution in [-0.2, 0) is 4.79 Å². The van der Waals surface area contributed by atoms with Crippen LogP contribution in [0.5, 0.6) is 17.2 Å². The molecule has 1 aromatic heterocycles. The minimum atomic E-state index is -0.255. The van der Waals surface area contributed by atoms with Gasteiger partial charge < -0.3 is 19.9 Å². The molecule has 0 aliphatic carbocycles. The highest BCUT2D eigenvalue weighted by atomic mass is 32.2. The minimum absolute atomic E-state index is 0.0895. The zero-order valence-corrected chi connectivity index (χ0v) is 16.6. The first kappa shape index (κ1) is 18.3. The number of nitrogens with zero attached hydrogens (tertiary/aromatic N) is 2. The molecule has 28 heavy (non-hydrogen) atoms. The first-order chi connectivity index (χ1) is 13.6. The van der Waals surface area contributed by atoms with Gasteiger partial charge in [0.15, 0.2) is 22.5 Å². The fourth-order valence-corrected chi connectivity index (χ4v) is 4.22.